The van der Waals surface area contributed by atoms with Crippen LogP contribution >= 0.6 is 7.82 Å². The average Bonchev–Trinajstić information content (AvgIpc) is 1.78. The summed E-state index contributed by atoms with van der Waals surface area (Å²) in [5.41, 5.74) is 0. The molecule has 0 rings (SSSR count). The molecular formula is C4H6F3O4P. The molecule has 0 heterocycles. The molecule has 0 radical (unpaired) electrons. The number of halogens is 3. The second-order valence-electron chi connectivity index (χ2n) is 1.73. The molecule has 0 aliphatic carbocycles. The zero-order valence-corrected chi connectivity index (χ0v) is 6.76. The van der Waals surface area contributed by atoms with E-state index >= 15 is 0 Å². The monoisotopic (exact) mass is 206 g/mol. The van der Waals surface area contributed by atoms with Gasteiger partial charge in [-0.15, -0.1) is 0 Å². The summed E-state index contributed by atoms with van der Waals surface area (Å²) in [7, 11) is -5.12. The van der Waals surface area contributed by atoms with Gasteiger partial charge in [0, 0.05) is 0 Å². The van der Waals surface area contributed by atoms with Gasteiger partial charge in [-0.1, -0.05) is 0 Å². The first-order valence-corrected chi connectivity index (χ1v) is 4.18. The van der Waals surface area contributed by atoms with E-state index in [-0.39, 0.29) is 0 Å². The van der Waals surface area contributed by atoms with Crippen molar-refractivity contribution in [1.82, 2.24) is 0 Å². The number of hydrogen-bond acceptors (Lipinski definition) is 2. The molecule has 0 fully saturated rings. The third kappa shape index (κ3) is 4.38. The molecule has 8 heteroatoms. The highest BCUT2D eigenvalue weighted by atomic mass is 31.2. The van der Waals surface area contributed by atoms with Gasteiger partial charge >= 0.3 is 14.0 Å². The predicted molar refractivity (Wildman–Crippen MR) is 32.9 cm³/mol. The lowest BCUT2D eigenvalue weighted by atomic mass is 10.5. The fourth-order valence-corrected chi connectivity index (χ4v) is 0.861. The van der Waals surface area contributed by atoms with E-state index in [0.29, 0.717) is 6.08 Å². The molecule has 72 valence electrons. The van der Waals surface area contributed by atoms with E-state index in [1.807, 2.05) is 0 Å². The molecule has 0 amide bonds. The minimum absolute atomic E-state index is 0.430. The van der Waals surface area contributed by atoms with Gasteiger partial charge in [-0.3, -0.25) is 9.79 Å². The van der Waals surface area contributed by atoms with Crippen LogP contribution in [-0.4, -0.2) is 16.0 Å². The van der Waals surface area contributed by atoms with Crippen molar-refractivity contribution < 1.29 is 32.0 Å². The molecule has 0 unspecified atom stereocenters. The number of phosphoric acid groups is 1. The summed E-state index contributed by atoms with van der Waals surface area (Å²) in [6, 6.07) is 0. The van der Waals surface area contributed by atoms with Gasteiger partial charge in [-0.2, -0.15) is 13.2 Å². The van der Waals surface area contributed by atoms with Crippen molar-refractivity contribution in [1.29, 1.82) is 0 Å². The van der Waals surface area contributed by atoms with Gasteiger partial charge in [0.1, 0.15) is 0 Å². The Balaban J connectivity index is 4.55. The van der Waals surface area contributed by atoms with Crippen LogP contribution in [0.15, 0.2) is 11.8 Å². The number of alkyl halides is 3. The van der Waals surface area contributed by atoms with Crippen LogP contribution in [0.25, 0.3) is 0 Å². The van der Waals surface area contributed by atoms with E-state index in [1.165, 1.54) is 0 Å². The fourth-order valence-electron chi connectivity index (χ4n) is 0.396. The Hall–Kier alpha value is -0.520. The lowest BCUT2D eigenvalue weighted by Crippen LogP contribution is -2.13. The minimum Gasteiger partial charge on any atom is -0.399 e. The van der Waals surface area contributed by atoms with Crippen molar-refractivity contribution in [3.8, 4) is 0 Å². The van der Waals surface area contributed by atoms with Gasteiger partial charge in [0.15, 0.2) is 0 Å². The van der Waals surface area contributed by atoms with E-state index in [9.17, 15) is 17.7 Å². The van der Waals surface area contributed by atoms with Crippen LogP contribution in [-0.2, 0) is 9.09 Å². The van der Waals surface area contributed by atoms with Crippen LogP contribution in [0.1, 0.15) is 6.92 Å². The molecule has 0 aromatic rings. The second-order valence-corrected chi connectivity index (χ2v) is 2.90. The molecule has 2 N–H and O–H groups in total. The molecule has 0 spiro atoms. The molecule has 0 aromatic heterocycles. The van der Waals surface area contributed by atoms with Gasteiger partial charge < -0.3 is 4.52 Å². The van der Waals surface area contributed by atoms with Crippen LogP contribution in [0, 0.1) is 0 Å². The summed E-state index contributed by atoms with van der Waals surface area (Å²) in [5, 5.41) is 0. The minimum atomic E-state index is -5.12. The number of hydrogen-bond donors (Lipinski definition) is 2. The first kappa shape index (κ1) is 11.5. The lowest BCUT2D eigenvalue weighted by Gasteiger charge is -2.12. The molecule has 0 saturated heterocycles. The summed E-state index contributed by atoms with van der Waals surface area (Å²) >= 11 is 0. The summed E-state index contributed by atoms with van der Waals surface area (Å²) in [5.74, 6) is -1.70. The smallest absolute Gasteiger partial charge is 0.399 e. The van der Waals surface area contributed by atoms with Crippen molar-refractivity contribution >= 4 is 7.82 Å². The first-order chi connectivity index (χ1) is 5.17. The lowest BCUT2D eigenvalue weighted by molar-refractivity contribution is -0.119. The molecule has 0 atom stereocenters. The van der Waals surface area contributed by atoms with Crippen LogP contribution < -0.4 is 0 Å². The molecule has 0 aromatic carbocycles. The summed E-state index contributed by atoms with van der Waals surface area (Å²) in [6.07, 6.45) is -4.45. The Bertz CT molecular complexity index is 227. The number of rotatable bonds is 2. The Morgan fingerprint density at radius 1 is 1.50 bits per heavy atom. The summed E-state index contributed by atoms with van der Waals surface area (Å²) in [4.78, 5) is 16.1. The number of allylic oxidation sites excluding steroid dienone is 2. The average molecular weight is 206 g/mol. The van der Waals surface area contributed by atoms with Crippen molar-refractivity contribution in [2.75, 3.05) is 0 Å². The Kier molecular flexibility index (Phi) is 3.32. The molecule has 4 nitrogen and oxygen atoms in total. The standard InChI is InChI=1S/C4H6F3O4P/c1-2-3(4(5,6)7)11-12(8,9)10/h2H,1H3,(H2,8,9,10). The van der Waals surface area contributed by atoms with Crippen molar-refractivity contribution in [3.05, 3.63) is 11.8 Å². The van der Waals surface area contributed by atoms with E-state index in [1.54, 1.807) is 0 Å². The van der Waals surface area contributed by atoms with Crippen LogP contribution in [0.2, 0.25) is 0 Å². The van der Waals surface area contributed by atoms with E-state index in [2.05, 4.69) is 4.52 Å². The van der Waals surface area contributed by atoms with Crippen molar-refractivity contribution in [2.45, 2.75) is 13.1 Å². The van der Waals surface area contributed by atoms with E-state index < -0.39 is 19.8 Å². The zero-order chi connectivity index (χ0) is 9.99. The second kappa shape index (κ2) is 3.47. The van der Waals surface area contributed by atoms with Gasteiger partial charge in [0.25, 0.3) is 0 Å². The van der Waals surface area contributed by atoms with E-state index in [0.717, 1.165) is 6.92 Å². The van der Waals surface area contributed by atoms with Crippen molar-refractivity contribution in [3.63, 3.8) is 0 Å². The summed E-state index contributed by atoms with van der Waals surface area (Å²) < 4.78 is 48.5. The van der Waals surface area contributed by atoms with Gasteiger partial charge in [0.05, 0.1) is 0 Å². The predicted octanol–water partition coefficient (Wildman–Crippen LogP) is 1.56. The largest absolute Gasteiger partial charge is 0.524 e. The summed E-state index contributed by atoms with van der Waals surface area (Å²) in [6.45, 7) is 0.957. The van der Waals surface area contributed by atoms with E-state index in [4.69, 9.17) is 9.79 Å². The van der Waals surface area contributed by atoms with Crippen LogP contribution in [0.5, 0.6) is 0 Å². The highest BCUT2D eigenvalue weighted by molar-refractivity contribution is 7.46. The maximum Gasteiger partial charge on any atom is 0.524 e. The molecule has 0 aliphatic rings. The van der Waals surface area contributed by atoms with Gasteiger partial charge in [0.2, 0.25) is 5.76 Å². The Morgan fingerprint density at radius 3 is 2.00 bits per heavy atom. The topological polar surface area (TPSA) is 66.8 Å². The normalized spacial score (nSPS) is 14.7. The molecule has 0 bridgehead atoms. The maximum atomic E-state index is 11.7. The first-order valence-electron chi connectivity index (χ1n) is 2.65. The Morgan fingerprint density at radius 2 is 1.92 bits per heavy atom. The molecular weight excluding hydrogens is 200 g/mol. The Labute approximate surface area is 65.9 Å². The quantitative estimate of drug-likeness (QED) is 0.531. The molecule has 12 heavy (non-hydrogen) atoms. The molecule has 0 saturated carbocycles. The fraction of sp³-hybridized carbons (Fsp3) is 0.500. The van der Waals surface area contributed by atoms with Crippen LogP contribution in [0.4, 0.5) is 13.2 Å². The number of phosphoric ester groups is 1. The van der Waals surface area contributed by atoms with Crippen molar-refractivity contribution in [2.24, 2.45) is 0 Å². The zero-order valence-electron chi connectivity index (χ0n) is 5.87. The van der Waals surface area contributed by atoms with Gasteiger partial charge in [-0.25, -0.2) is 4.57 Å². The third-order valence-electron chi connectivity index (χ3n) is 0.759. The highest BCUT2D eigenvalue weighted by Crippen LogP contribution is 2.43. The highest BCUT2D eigenvalue weighted by Gasteiger charge is 2.39. The maximum absolute atomic E-state index is 11.7. The molecule has 0 aliphatic heterocycles. The van der Waals surface area contributed by atoms with Gasteiger partial charge in [-0.05, 0) is 13.0 Å². The third-order valence-corrected chi connectivity index (χ3v) is 1.19. The van der Waals surface area contributed by atoms with Crippen LogP contribution in [0.3, 0.4) is 0 Å². The SMILES string of the molecule is CC=C(OP(=O)(O)O)C(F)(F)F.